The Hall–Kier alpha value is -1.00. The summed E-state index contributed by atoms with van der Waals surface area (Å²) in [5, 5.41) is -0.0812. The maximum absolute atomic E-state index is 11.6. The van der Waals surface area contributed by atoms with Crippen molar-refractivity contribution in [1.82, 2.24) is 0 Å². The van der Waals surface area contributed by atoms with Crippen molar-refractivity contribution < 1.29 is 9.21 Å². The van der Waals surface area contributed by atoms with E-state index >= 15 is 0 Å². The number of furan rings is 1. The van der Waals surface area contributed by atoms with Gasteiger partial charge in [0.2, 0.25) is 0 Å². The minimum absolute atomic E-state index is 0.0812. The molecular formula is C11H7BrO2S. The van der Waals surface area contributed by atoms with Crippen LogP contribution in [0.3, 0.4) is 0 Å². The van der Waals surface area contributed by atoms with Crippen LogP contribution < -0.4 is 0 Å². The first-order valence-electron chi connectivity index (χ1n) is 4.27. The predicted octanol–water partition coefficient (Wildman–Crippen LogP) is 3.97. The minimum Gasteiger partial charge on any atom is -0.460 e. The summed E-state index contributed by atoms with van der Waals surface area (Å²) in [5.74, 6) is 0.378. The lowest BCUT2D eigenvalue weighted by Crippen LogP contribution is -1.89. The van der Waals surface area contributed by atoms with Crippen LogP contribution in [0.15, 0.2) is 56.4 Å². The first-order chi connectivity index (χ1) is 7.25. The Balaban J connectivity index is 2.09. The van der Waals surface area contributed by atoms with Crippen molar-refractivity contribution in [3.63, 3.8) is 0 Å². The zero-order valence-corrected chi connectivity index (χ0v) is 10.0. The van der Waals surface area contributed by atoms with Gasteiger partial charge in [0, 0.05) is 9.37 Å². The highest BCUT2D eigenvalue weighted by atomic mass is 79.9. The average Bonchev–Trinajstić information content (AvgIpc) is 2.74. The fourth-order valence-corrected chi connectivity index (χ4v) is 2.02. The van der Waals surface area contributed by atoms with E-state index in [4.69, 9.17) is 4.42 Å². The Morgan fingerprint density at radius 1 is 1.20 bits per heavy atom. The lowest BCUT2D eigenvalue weighted by atomic mass is 10.4. The third-order valence-electron chi connectivity index (χ3n) is 1.75. The van der Waals surface area contributed by atoms with E-state index in [1.807, 2.05) is 24.3 Å². The van der Waals surface area contributed by atoms with Crippen molar-refractivity contribution in [3.05, 3.63) is 52.9 Å². The predicted molar refractivity (Wildman–Crippen MR) is 63.0 cm³/mol. The van der Waals surface area contributed by atoms with Gasteiger partial charge in [-0.1, -0.05) is 15.9 Å². The van der Waals surface area contributed by atoms with E-state index in [1.54, 1.807) is 12.1 Å². The summed E-state index contributed by atoms with van der Waals surface area (Å²) >= 11 is 4.49. The van der Waals surface area contributed by atoms with Crippen LogP contribution in [-0.4, -0.2) is 5.12 Å². The molecule has 4 heteroatoms. The number of halogens is 1. The molecule has 0 saturated carbocycles. The molecule has 1 aromatic heterocycles. The zero-order chi connectivity index (χ0) is 10.7. The molecule has 0 amide bonds. The molecule has 0 radical (unpaired) electrons. The van der Waals surface area contributed by atoms with Gasteiger partial charge in [-0.2, -0.15) is 0 Å². The van der Waals surface area contributed by atoms with Crippen molar-refractivity contribution in [2.45, 2.75) is 4.90 Å². The smallest absolute Gasteiger partial charge is 0.259 e. The Labute approximate surface area is 99.8 Å². The summed E-state index contributed by atoms with van der Waals surface area (Å²) in [6, 6.07) is 10.9. The minimum atomic E-state index is -0.0812. The van der Waals surface area contributed by atoms with Gasteiger partial charge in [0.25, 0.3) is 5.12 Å². The van der Waals surface area contributed by atoms with Crippen molar-refractivity contribution in [2.75, 3.05) is 0 Å². The third-order valence-corrected chi connectivity index (χ3v) is 3.17. The fraction of sp³-hybridized carbons (Fsp3) is 0. The van der Waals surface area contributed by atoms with E-state index in [0.717, 1.165) is 21.1 Å². The monoisotopic (exact) mass is 282 g/mol. The molecule has 1 heterocycles. The number of benzene rings is 1. The number of carbonyl (C=O) groups excluding carboxylic acids is 1. The van der Waals surface area contributed by atoms with Crippen LogP contribution in [-0.2, 0) is 0 Å². The second-order valence-electron chi connectivity index (χ2n) is 2.82. The fourth-order valence-electron chi connectivity index (χ4n) is 1.05. The first-order valence-corrected chi connectivity index (χ1v) is 5.88. The van der Waals surface area contributed by atoms with Gasteiger partial charge in [-0.15, -0.1) is 0 Å². The molecule has 0 atom stereocenters. The van der Waals surface area contributed by atoms with Crippen LogP contribution in [0.2, 0.25) is 0 Å². The number of carbonyl (C=O) groups is 1. The highest BCUT2D eigenvalue weighted by molar-refractivity contribution is 9.10. The second kappa shape index (κ2) is 4.68. The molecule has 15 heavy (non-hydrogen) atoms. The molecule has 2 aromatic rings. The van der Waals surface area contributed by atoms with Gasteiger partial charge < -0.3 is 4.42 Å². The number of rotatable bonds is 2. The van der Waals surface area contributed by atoms with Gasteiger partial charge in [-0.25, -0.2) is 0 Å². The van der Waals surface area contributed by atoms with Crippen LogP contribution in [0.1, 0.15) is 10.6 Å². The Morgan fingerprint density at radius 3 is 2.53 bits per heavy atom. The van der Waals surface area contributed by atoms with Crippen molar-refractivity contribution in [2.24, 2.45) is 0 Å². The normalized spacial score (nSPS) is 10.2. The van der Waals surface area contributed by atoms with Crippen molar-refractivity contribution >= 4 is 32.8 Å². The van der Waals surface area contributed by atoms with Crippen molar-refractivity contribution in [3.8, 4) is 0 Å². The molecular weight excluding hydrogens is 276 g/mol. The summed E-state index contributed by atoms with van der Waals surface area (Å²) in [7, 11) is 0. The maximum Gasteiger partial charge on any atom is 0.259 e. The Kier molecular flexibility index (Phi) is 3.28. The van der Waals surface area contributed by atoms with Crippen LogP contribution in [0.25, 0.3) is 0 Å². The molecule has 2 rings (SSSR count). The number of hydrogen-bond acceptors (Lipinski definition) is 3. The van der Waals surface area contributed by atoms with E-state index < -0.39 is 0 Å². The SMILES string of the molecule is O=C(Sc1ccc(Br)cc1)c1ccco1. The van der Waals surface area contributed by atoms with Crippen molar-refractivity contribution in [1.29, 1.82) is 0 Å². The van der Waals surface area contributed by atoms with Crippen LogP contribution in [0.5, 0.6) is 0 Å². The van der Waals surface area contributed by atoms with Crippen LogP contribution in [0.4, 0.5) is 0 Å². The van der Waals surface area contributed by atoms with Gasteiger partial charge >= 0.3 is 0 Å². The van der Waals surface area contributed by atoms with E-state index in [-0.39, 0.29) is 5.12 Å². The van der Waals surface area contributed by atoms with Crippen LogP contribution >= 0.6 is 27.7 Å². The molecule has 0 bridgehead atoms. The van der Waals surface area contributed by atoms with E-state index in [1.165, 1.54) is 6.26 Å². The molecule has 0 spiro atoms. The molecule has 0 aliphatic rings. The molecule has 0 saturated heterocycles. The summed E-state index contributed by atoms with van der Waals surface area (Å²) in [6.45, 7) is 0. The molecule has 0 aliphatic heterocycles. The summed E-state index contributed by atoms with van der Waals surface area (Å²) in [4.78, 5) is 12.5. The second-order valence-corrected chi connectivity index (χ2v) is 4.78. The van der Waals surface area contributed by atoms with E-state index in [9.17, 15) is 4.79 Å². The number of thioether (sulfide) groups is 1. The van der Waals surface area contributed by atoms with Gasteiger partial charge in [-0.05, 0) is 48.2 Å². The van der Waals surface area contributed by atoms with E-state index in [2.05, 4.69) is 15.9 Å². The first kappa shape index (κ1) is 10.5. The molecule has 76 valence electrons. The van der Waals surface area contributed by atoms with Gasteiger partial charge in [0.1, 0.15) is 0 Å². The van der Waals surface area contributed by atoms with E-state index in [0.29, 0.717) is 5.76 Å². The Bertz CT molecular complexity index is 448. The molecule has 2 nitrogen and oxygen atoms in total. The molecule has 1 aromatic carbocycles. The molecule has 0 N–H and O–H groups in total. The molecule has 0 unspecified atom stereocenters. The highest BCUT2D eigenvalue weighted by Gasteiger charge is 2.10. The molecule has 0 fully saturated rings. The zero-order valence-electron chi connectivity index (χ0n) is 7.64. The quantitative estimate of drug-likeness (QED) is 0.781. The largest absolute Gasteiger partial charge is 0.460 e. The lowest BCUT2D eigenvalue weighted by Gasteiger charge is -1.97. The molecule has 0 aliphatic carbocycles. The van der Waals surface area contributed by atoms with Crippen LogP contribution in [0, 0.1) is 0 Å². The maximum atomic E-state index is 11.6. The lowest BCUT2D eigenvalue weighted by molar-refractivity contribution is 0.106. The third kappa shape index (κ3) is 2.73. The van der Waals surface area contributed by atoms with Gasteiger partial charge in [0.15, 0.2) is 5.76 Å². The standard InChI is InChI=1S/C11H7BrO2S/c12-8-3-5-9(6-4-8)15-11(13)10-2-1-7-14-10/h1-7H. The van der Waals surface area contributed by atoms with Gasteiger partial charge in [-0.3, -0.25) is 4.79 Å². The summed E-state index contributed by atoms with van der Waals surface area (Å²) < 4.78 is 6.01. The highest BCUT2D eigenvalue weighted by Crippen LogP contribution is 2.24. The number of hydrogen-bond donors (Lipinski definition) is 0. The average molecular weight is 283 g/mol. The summed E-state index contributed by atoms with van der Waals surface area (Å²) in [5.41, 5.74) is 0. The summed E-state index contributed by atoms with van der Waals surface area (Å²) in [6.07, 6.45) is 1.50. The topological polar surface area (TPSA) is 30.2 Å². The van der Waals surface area contributed by atoms with Gasteiger partial charge in [0.05, 0.1) is 6.26 Å². The Morgan fingerprint density at radius 2 is 1.93 bits per heavy atom.